The fourth-order valence-electron chi connectivity index (χ4n) is 1.82. The Kier molecular flexibility index (Phi) is 3.84. The number of aromatic hydroxyl groups is 1. The predicted octanol–water partition coefficient (Wildman–Crippen LogP) is 1.00. The van der Waals surface area contributed by atoms with Gasteiger partial charge in [0.1, 0.15) is 17.5 Å². The number of thioether (sulfide) groups is 1. The Labute approximate surface area is 114 Å². The van der Waals surface area contributed by atoms with Crippen molar-refractivity contribution in [2.75, 3.05) is 18.7 Å². The lowest BCUT2D eigenvalue weighted by Crippen LogP contribution is -2.41. The zero-order chi connectivity index (χ0) is 14.0. The molecular formula is C12H13NO5S. The fourth-order valence-corrected chi connectivity index (χ4v) is 2.96. The molecule has 1 heterocycles. The van der Waals surface area contributed by atoms with E-state index in [1.54, 1.807) is 0 Å². The van der Waals surface area contributed by atoms with Crippen LogP contribution in [0.25, 0.3) is 0 Å². The van der Waals surface area contributed by atoms with Gasteiger partial charge < -0.3 is 19.8 Å². The van der Waals surface area contributed by atoms with Gasteiger partial charge >= 0.3 is 5.97 Å². The molecule has 1 aliphatic heterocycles. The first-order valence-corrected chi connectivity index (χ1v) is 6.68. The molecule has 0 bridgehead atoms. The normalized spacial score (nSPS) is 18.4. The van der Waals surface area contributed by atoms with Gasteiger partial charge in [0, 0.05) is 5.75 Å². The van der Waals surface area contributed by atoms with E-state index in [9.17, 15) is 14.7 Å². The zero-order valence-corrected chi connectivity index (χ0v) is 11.0. The van der Waals surface area contributed by atoms with Crippen LogP contribution in [0.5, 0.6) is 11.5 Å². The minimum atomic E-state index is -1.04. The minimum Gasteiger partial charge on any atom is -0.507 e. The average Bonchev–Trinajstić information content (AvgIpc) is 2.88. The molecule has 0 aromatic heterocycles. The van der Waals surface area contributed by atoms with Crippen LogP contribution in [0.1, 0.15) is 10.4 Å². The molecule has 1 fully saturated rings. The highest BCUT2D eigenvalue weighted by Crippen LogP contribution is 2.28. The molecule has 1 saturated heterocycles. The number of phenolic OH excluding ortho intramolecular Hbond substituents is 1. The van der Waals surface area contributed by atoms with Gasteiger partial charge in [-0.15, -0.1) is 11.8 Å². The monoisotopic (exact) mass is 283 g/mol. The lowest BCUT2D eigenvalue weighted by Gasteiger charge is -2.21. The maximum atomic E-state index is 12.3. The number of rotatable bonds is 3. The number of carboxylic acids is 1. The number of hydrogen-bond acceptors (Lipinski definition) is 5. The molecular weight excluding hydrogens is 270 g/mol. The van der Waals surface area contributed by atoms with Gasteiger partial charge in [-0.3, -0.25) is 4.79 Å². The van der Waals surface area contributed by atoms with E-state index in [0.29, 0.717) is 17.4 Å². The highest BCUT2D eigenvalue weighted by atomic mass is 32.2. The van der Waals surface area contributed by atoms with Crippen molar-refractivity contribution in [3.05, 3.63) is 23.8 Å². The van der Waals surface area contributed by atoms with Gasteiger partial charge in [-0.2, -0.15) is 0 Å². The zero-order valence-electron chi connectivity index (χ0n) is 10.2. The number of carboxylic acid groups (broad SMARTS) is 1. The Morgan fingerprint density at radius 2 is 2.21 bits per heavy atom. The summed E-state index contributed by atoms with van der Waals surface area (Å²) in [5, 5.41) is 18.8. The summed E-state index contributed by atoms with van der Waals surface area (Å²) in [4.78, 5) is 24.6. The molecule has 102 valence electrons. The first kappa shape index (κ1) is 13.5. The number of nitrogens with zero attached hydrogens (tertiary/aromatic N) is 1. The second-order valence-corrected chi connectivity index (χ2v) is 5.01. The summed E-state index contributed by atoms with van der Waals surface area (Å²) < 4.78 is 4.99. The first-order valence-electron chi connectivity index (χ1n) is 5.53. The second kappa shape index (κ2) is 5.40. The summed E-state index contributed by atoms with van der Waals surface area (Å²) in [5.74, 6) is -0.653. The SMILES string of the molecule is COc1ccc(O)c(C(=O)N2CSCC2C(=O)O)c1. The number of amides is 1. The van der Waals surface area contributed by atoms with Gasteiger partial charge in [0.25, 0.3) is 5.91 Å². The summed E-state index contributed by atoms with van der Waals surface area (Å²) in [7, 11) is 1.45. The summed E-state index contributed by atoms with van der Waals surface area (Å²) in [6.07, 6.45) is 0. The molecule has 1 aromatic rings. The van der Waals surface area contributed by atoms with Gasteiger partial charge in [-0.25, -0.2) is 4.79 Å². The van der Waals surface area contributed by atoms with Crippen molar-refractivity contribution in [3.63, 3.8) is 0 Å². The first-order chi connectivity index (χ1) is 9.04. The third kappa shape index (κ3) is 2.60. The van der Waals surface area contributed by atoms with Gasteiger partial charge in [0.2, 0.25) is 0 Å². The third-order valence-corrected chi connectivity index (χ3v) is 3.87. The molecule has 0 aliphatic carbocycles. The van der Waals surface area contributed by atoms with E-state index >= 15 is 0 Å². The molecule has 0 radical (unpaired) electrons. The maximum Gasteiger partial charge on any atom is 0.327 e. The van der Waals surface area contributed by atoms with Crippen LogP contribution in [0.4, 0.5) is 0 Å². The molecule has 1 atom stereocenters. The van der Waals surface area contributed by atoms with Gasteiger partial charge in [-0.1, -0.05) is 0 Å². The average molecular weight is 283 g/mol. The Morgan fingerprint density at radius 1 is 1.47 bits per heavy atom. The highest BCUT2D eigenvalue weighted by Gasteiger charge is 2.35. The van der Waals surface area contributed by atoms with E-state index in [2.05, 4.69) is 0 Å². The van der Waals surface area contributed by atoms with E-state index in [1.807, 2.05) is 0 Å². The van der Waals surface area contributed by atoms with Gasteiger partial charge in [-0.05, 0) is 18.2 Å². The lowest BCUT2D eigenvalue weighted by atomic mass is 10.1. The fraction of sp³-hybridized carbons (Fsp3) is 0.333. The number of methoxy groups -OCH3 is 1. The number of phenols is 1. The lowest BCUT2D eigenvalue weighted by molar-refractivity contribution is -0.140. The van der Waals surface area contributed by atoms with Crippen molar-refractivity contribution in [2.45, 2.75) is 6.04 Å². The Hall–Kier alpha value is -1.89. The van der Waals surface area contributed by atoms with Crippen LogP contribution in [-0.4, -0.2) is 51.8 Å². The number of ether oxygens (including phenoxy) is 1. The van der Waals surface area contributed by atoms with E-state index in [1.165, 1.54) is 42.0 Å². The van der Waals surface area contributed by atoms with Crippen LogP contribution in [0.15, 0.2) is 18.2 Å². The number of aliphatic carboxylic acids is 1. The van der Waals surface area contributed by atoms with Crippen LogP contribution in [0, 0.1) is 0 Å². The summed E-state index contributed by atoms with van der Waals surface area (Å²) in [6.45, 7) is 0. The number of carbonyl (C=O) groups is 2. The Balaban J connectivity index is 2.31. The van der Waals surface area contributed by atoms with Crippen molar-refractivity contribution < 1.29 is 24.5 Å². The minimum absolute atomic E-state index is 0.0492. The second-order valence-electron chi connectivity index (χ2n) is 4.01. The van der Waals surface area contributed by atoms with Crippen LogP contribution >= 0.6 is 11.8 Å². The Morgan fingerprint density at radius 3 is 2.84 bits per heavy atom. The molecule has 2 N–H and O–H groups in total. The van der Waals surface area contributed by atoms with Crippen molar-refractivity contribution in [3.8, 4) is 11.5 Å². The molecule has 2 rings (SSSR count). The van der Waals surface area contributed by atoms with Gasteiger partial charge in [0.15, 0.2) is 0 Å². The van der Waals surface area contributed by atoms with Crippen molar-refractivity contribution in [1.82, 2.24) is 4.90 Å². The molecule has 0 spiro atoms. The standard InChI is InChI=1S/C12H13NO5S/c1-18-7-2-3-10(14)8(4-7)11(15)13-6-19-5-9(13)12(16)17/h2-4,9,14H,5-6H2,1H3,(H,16,17). The molecule has 1 aliphatic rings. The number of benzene rings is 1. The molecule has 1 unspecified atom stereocenters. The van der Waals surface area contributed by atoms with E-state index in [-0.39, 0.29) is 11.3 Å². The smallest absolute Gasteiger partial charge is 0.327 e. The van der Waals surface area contributed by atoms with Crippen LogP contribution in [0.2, 0.25) is 0 Å². The topological polar surface area (TPSA) is 87.1 Å². The van der Waals surface area contributed by atoms with Crippen molar-refractivity contribution in [1.29, 1.82) is 0 Å². The quantitative estimate of drug-likeness (QED) is 0.860. The molecule has 6 nitrogen and oxygen atoms in total. The molecule has 0 saturated carbocycles. The summed E-state index contributed by atoms with van der Waals surface area (Å²) in [6, 6.07) is 3.42. The third-order valence-electron chi connectivity index (χ3n) is 2.86. The van der Waals surface area contributed by atoms with Crippen LogP contribution in [0.3, 0.4) is 0 Å². The highest BCUT2D eigenvalue weighted by molar-refractivity contribution is 7.99. The number of hydrogen-bond donors (Lipinski definition) is 2. The van der Waals surface area contributed by atoms with Crippen molar-refractivity contribution >= 4 is 23.6 Å². The van der Waals surface area contributed by atoms with Crippen LogP contribution in [-0.2, 0) is 4.79 Å². The largest absolute Gasteiger partial charge is 0.507 e. The van der Waals surface area contributed by atoms with E-state index < -0.39 is 17.9 Å². The summed E-state index contributed by atoms with van der Waals surface area (Å²) in [5.41, 5.74) is 0.0492. The van der Waals surface area contributed by atoms with E-state index in [4.69, 9.17) is 9.84 Å². The molecule has 1 aromatic carbocycles. The van der Waals surface area contributed by atoms with Crippen molar-refractivity contribution in [2.24, 2.45) is 0 Å². The maximum absolute atomic E-state index is 12.3. The Bertz CT molecular complexity index is 519. The van der Waals surface area contributed by atoms with Gasteiger partial charge in [0.05, 0.1) is 18.6 Å². The number of carbonyl (C=O) groups excluding carboxylic acids is 1. The molecule has 19 heavy (non-hydrogen) atoms. The predicted molar refractivity (Wildman–Crippen MR) is 69.6 cm³/mol. The van der Waals surface area contributed by atoms with Crippen LogP contribution < -0.4 is 4.74 Å². The summed E-state index contributed by atoms with van der Waals surface area (Å²) >= 11 is 1.37. The van der Waals surface area contributed by atoms with E-state index in [0.717, 1.165) is 0 Å². The molecule has 1 amide bonds. The molecule has 7 heteroatoms.